The molecule has 1 aromatic heterocycles. The fourth-order valence-electron chi connectivity index (χ4n) is 6.59. The minimum atomic E-state index is -0.225. The number of rotatable bonds is 6. The Labute approximate surface area is 197 Å². The summed E-state index contributed by atoms with van der Waals surface area (Å²) in [7, 11) is 1.71. The lowest BCUT2D eigenvalue weighted by molar-refractivity contribution is -0.142. The number of methoxy groups -OCH3 is 1. The van der Waals surface area contributed by atoms with E-state index in [0.29, 0.717) is 5.91 Å². The maximum absolute atomic E-state index is 13.7. The molecular formula is C27H36N4O2. The van der Waals surface area contributed by atoms with Crippen molar-refractivity contribution in [1.29, 1.82) is 0 Å². The molecule has 33 heavy (non-hydrogen) atoms. The van der Waals surface area contributed by atoms with E-state index in [1.807, 2.05) is 30.6 Å². The van der Waals surface area contributed by atoms with E-state index in [0.717, 1.165) is 77.4 Å². The minimum Gasteiger partial charge on any atom is -0.497 e. The molecule has 1 aromatic carbocycles. The zero-order chi connectivity index (χ0) is 22.9. The van der Waals surface area contributed by atoms with Crippen LogP contribution >= 0.6 is 0 Å². The third-order valence-electron chi connectivity index (χ3n) is 8.43. The van der Waals surface area contributed by atoms with Gasteiger partial charge in [0, 0.05) is 57.1 Å². The molecule has 0 radical (unpaired) electrons. The summed E-state index contributed by atoms with van der Waals surface area (Å²) in [5.74, 6) is 1.31. The molecular weight excluding hydrogens is 412 g/mol. The molecule has 0 bridgehead atoms. The second-order valence-corrected chi connectivity index (χ2v) is 10.1. The number of piperidine rings is 1. The standard InChI is InChI=1S/C27H36N4O2/c1-3-31-16-12-27(25(31)32)21-30(19-23-5-4-13-28-17-23)20-26(27)10-14-29(15-11-26)18-22-6-8-24(33-2)9-7-22/h4-9,13,17H,3,10-12,14-16,18-21H2,1-2H3/t27-/m0/s1. The van der Waals surface area contributed by atoms with Crippen LogP contribution in [0.5, 0.6) is 5.75 Å². The predicted octanol–water partition coefficient (Wildman–Crippen LogP) is 3.43. The van der Waals surface area contributed by atoms with E-state index < -0.39 is 0 Å². The molecule has 3 aliphatic heterocycles. The minimum absolute atomic E-state index is 0.0760. The molecule has 1 atom stereocenters. The molecule has 6 heteroatoms. The van der Waals surface area contributed by atoms with Crippen molar-refractivity contribution < 1.29 is 9.53 Å². The first-order valence-electron chi connectivity index (χ1n) is 12.3. The maximum Gasteiger partial charge on any atom is 0.230 e. The highest BCUT2D eigenvalue weighted by molar-refractivity contribution is 5.86. The van der Waals surface area contributed by atoms with E-state index in [4.69, 9.17) is 4.74 Å². The monoisotopic (exact) mass is 448 g/mol. The first-order chi connectivity index (χ1) is 16.1. The van der Waals surface area contributed by atoms with Gasteiger partial charge in [0.25, 0.3) is 0 Å². The number of hydrogen-bond acceptors (Lipinski definition) is 5. The van der Waals surface area contributed by atoms with Gasteiger partial charge in [0.15, 0.2) is 0 Å². The summed E-state index contributed by atoms with van der Waals surface area (Å²) < 4.78 is 5.30. The van der Waals surface area contributed by atoms with Crippen LogP contribution < -0.4 is 4.74 Å². The number of carbonyl (C=O) groups excluding carboxylic acids is 1. The zero-order valence-electron chi connectivity index (χ0n) is 20.0. The third-order valence-corrected chi connectivity index (χ3v) is 8.43. The molecule has 3 saturated heterocycles. The second kappa shape index (κ2) is 9.07. The van der Waals surface area contributed by atoms with E-state index in [9.17, 15) is 4.79 Å². The van der Waals surface area contributed by atoms with E-state index in [1.54, 1.807) is 7.11 Å². The number of hydrogen-bond donors (Lipinski definition) is 0. The number of aromatic nitrogens is 1. The molecule has 3 fully saturated rings. The summed E-state index contributed by atoms with van der Waals surface area (Å²) in [5, 5.41) is 0. The van der Waals surface area contributed by atoms with E-state index in [1.165, 1.54) is 11.1 Å². The number of ether oxygens (including phenoxy) is 1. The van der Waals surface area contributed by atoms with Crippen LogP contribution in [0.15, 0.2) is 48.8 Å². The number of amides is 1. The van der Waals surface area contributed by atoms with Crippen molar-refractivity contribution in [3.63, 3.8) is 0 Å². The van der Waals surface area contributed by atoms with Crippen LogP contribution in [0.3, 0.4) is 0 Å². The third kappa shape index (κ3) is 4.04. The van der Waals surface area contributed by atoms with Crippen LogP contribution in [-0.2, 0) is 17.9 Å². The average molecular weight is 449 g/mol. The first kappa shape index (κ1) is 22.4. The number of pyridine rings is 1. The van der Waals surface area contributed by atoms with Crippen molar-refractivity contribution in [2.24, 2.45) is 10.8 Å². The molecule has 4 heterocycles. The summed E-state index contributed by atoms with van der Waals surface area (Å²) in [4.78, 5) is 25.2. The molecule has 2 aromatic rings. The van der Waals surface area contributed by atoms with Gasteiger partial charge in [0.1, 0.15) is 5.75 Å². The number of likely N-dealkylation sites (tertiary alicyclic amines) is 3. The van der Waals surface area contributed by atoms with Crippen molar-refractivity contribution in [2.45, 2.75) is 39.3 Å². The average Bonchev–Trinajstić information content (AvgIpc) is 3.33. The van der Waals surface area contributed by atoms with Crippen LogP contribution in [0.4, 0.5) is 0 Å². The van der Waals surface area contributed by atoms with E-state index >= 15 is 0 Å². The second-order valence-electron chi connectivity index (χ2n) is 10.1. The topological polar surface area (TPSA) is 48.9 Å². The lowest BCUT2D eigenvalue weighted by Crippen LogP contribution is -2.52. The molecule has 0 unspecified atom stereocenters. The number of nitrogens with zero attached hydrogens (tertiary/aromatic N) is 4. The van der Waals surface area contributed by atoms with Crippen molar-refractivity contribution in [3.8, 4) is 5.75 Å². The van der Waals surface area contributed by atoms with Crippen molar-refractivity contribution >= 4 is 5.91 Å². The molecule has 3 aliphatic rings. The summed E-state index contributed by atoms with van der Waals surface area (Å²) in [6.45, 7) is 9.69. The fraction of sp³-hybridized carbons (Fsp3) is 0.556. The van der Waals surface area contributed by atoms with Crippen molar-refractivity contribution in [1.82, 2.24) is 19.7 Å². The highest BCUT2D eigenvalue weighted by Gasteiger charge is 2.64. The van der Waals surface area contributed by atoms with Gasteiger partial charge in [-0.2, -0.15) is 0 Å². The quantitative estimate of drug-likeness (QED) is 0.678. The number of benzene rings is 1. The van der Waals surface area contributed by atoms with Gasteiger partial charge in [-0.05, 0) is 68.6 Å². The van der Waals surface area contributed by atoms with Gasteiger partial charge in [-0.15, -0.1) is 0 Å². The Hall–Kier alpha value is -2.44. The van der Waals surface area contributed by atoms with Crippen molar-refractivity contribution in [3.05, 3.63) is 59.9 Å². The smallest absolute Gasteiger partial charge is 0.230 e. The summed E-state index contributed by atoms with van der Waals surface area (Å²) in [5.41, 5.74) is 2.41. The lowest BCUT2D eigenvalue weighted by Gasteiger charge is -2.47. The number of carbonyl (C=O) groups is 1. The van der Waals surface area contributed by atoms with Gasteiger partial charge in [-0.25, -0.2) is 0 Å². The normalized spacial score (nSPS) is 25.4. The van der Waals surface area contributed by atoms with Gasteiger partial charge in [-0.1, -0.05) is 18.2 Å². The Morgan fingerprint density at radius 1 is 0.939 bits per heavy atom. The van der Waals surface area contributed by atoms with Crippen LogP contribution in [-0.4, -0.2) is 72.0 Å². The zero-order valence-corrected chi connectivity index (χ0v) is 20.0. The largest absolute Gasteiger partial charge is 0.497 e. The molecule has 0 aliphatic carbocycles. The SMILES string of the molecule is CCN1CC[C@]2(CN(Cc3cccnc3)CC23CCN(Cc2ccc(OC)cc2)CC3)C1=O. The Balaban J connectivity index is 1.32. The number of fused-ring (bicyclic) bond motifs is 1. The molecule has 5 rings (SSSR count). The van der Waals surface area contributed by atoms with Gasteiger partial charge in [-0.3, -0.25) is 19.6 Å². The van der Waals surface area contributed by atoms with Gasteiger partial charge in [0.05, 0.1) is 12.5 Å². The van der Waals surface area contributed by atoms with Gasteiger partial charge >= 0.3 is 0 Å². The molecule has 2 spiro atoms. The van der Waals surface area contributed by atoms with Crippen LogP contribution in [0, 0.1) is 10.8 Å². The van der Waals surface area contributed by atoms with Crippen LogP contribution in [0.25, 0.3) is 0 Å². The maximum atomic E-state index is 13.7. The van der Waals surface area contributed by atoms with Crippen LogP contribution in [0.1, 0.15) is 37.3 Å². The highest BCUT2D eigenvalue weighted by atomic mass is 16.5. The van der Waals surface area contributed by atoms with E-state index in [-0.39, 0.29) is 10.8 Å². The molecule has 6 nitrogen and oxygen atoms in total. The Morgan fingerprint density at radius 3 is 2.33 bits per heavy atom. The molecule has 0 saturated carbocycles. The van der Waals surface area contributed by atoms with Crippen LogP contribution in [0.2, 0.25) is 0 Å². The Kier molecular flexibility index (Phi) is 6.14. The molecule has 0 N–H and O–H groups in total. The summed E-state index contributed by atoms with van der Waals surface area (Å²) in [6, 6.07) is 12.6. The Bertz CT molecular complexity index is 956. The van der Waals surface area contributed by atoms with Gasteiger partial charge in [0.2, 0.25) is 5.91 Å². The van der Waals surface area contributed by atoms with E-state index in [2.05, 4.69) is 44.8 Å². The molecule has 176 valence electrons. The summed E-state index contributed by atoms with van der Waals surface area (Å²) >= 11 is 0. The fourth-order valence-corrected chi connectivity index (χ4v) is 6.59. The van der Waals surface area contributed by atoms with Gasteiger partial charge < -0.3 is 9.64 Å². The molecule has 1 amide bonds. The Morgan fingerprint density at radius 2 is 1.70 bits per heavy atom. The highest BCUT2D eigenvalue weighted by Crippen LogP contribution is 2.58. The lowest BCUT2D eigenvalue weighted by atomic mass is 9.60. The summed E-state index contributed by atoms with van der Waals surface area (Å²) in [6.07, 6.45) is 6.98. The predicted molar refractivity (Wildman–Crippen MR) is 129 cm³/mol. The first-order valence-corrected chi connectivity index (χ1v) is 12.3. The van der Waals surface area contributed by atoms with Crippen molar-refractivity contribution in [2.75, 3.05) is 46.4 Å².